The van der Waals surface area contributed by atoms with E-state index in [1.165, 1.54) is 0 Å². The Hall–Kier alpha value is -0.240. The Kier molecular flexibility index (Phi) is 2.99. The average Bonchev–Trinajstić information content (AvgIpc) is 2.08. The number of rotatable bonds is 1. The Bertz CT molecular complexity index is 150. The third-order valence-corrected chi connectivity index (χ3v) is 1.95. The van der Waals surface area contributed by atoms with Gasteiger partial charge in [0.05, 0.1) is 12.6 Å². The van der Waals surface area contributed by atoms with Crippen LogP contribution in [-0.2, 0) is 4.74 Å². The van der Waals surface area contributed by atoms with Crippen LogP contribution < -0.4 is 5.73 Å². The zero-order valence-corrected chi connectivity index (χ0v) is 6.37. The van der Waals surface area contributed by atoms with E-state index in [9.17, 15) is 10.2 Å². The molecule has 0 saturated carbocycles. The van der Waals surface area contributed by atoms with Gasteiger partial charge in [-0.1, -0.05) is 0 Å². The Morgan fingerprint density at radius 1 is 1.17 bits per heavy atom. The summed E-state index contributed by atoms with van der Waals surface area (Å²) >= 11 is 0. The van der Waals surface area contributed by atoms with Crippen LogP contribution in [0.25, 0.3) is 0 Å². The summed E-state index contributed by atoms with van der Waals surface area (Å²) in [6.45, 7) is -0.470. The summed E-state index contributed by atoms with van der Waals surface area (Å²) in [7, 11) is 0. The Morgan fingerprint density at radius 3 is 2.25 bits per heavy atom. The van der Waals surface area contributed by atoms with Crippen LogP contribution >= 0.6 is 0 Å². The molecule has 1 aliphatic heterocycles. The molecular formula is C6H13NO5. The molecule has 1 rings (SSSR count). The summed E-state index contributed by atoms with van der Waals surface area (Å²) in [5.41, 5.74) is 5.26. The summed E-state index contributed by atoms with van der Waals surface area (Å²) in [5.74, 6) is 0. The van der Waals surface area contributed by atoms with Crippen molar-refractivity contribution in [1.82, 2.24) is 0 Å². The van der Waals surface area contributed by atoms with E-state index in [4.69, 9.17) is 20.7 Å². The number of ether oxygens (including phenoxy) is 1. The van der Waals surface area contributed by atoms with E-state index in [2.05, 4.69) is 0 Å². The largest absolute Gasteiger partial charge is 0.394 e. The van der Waals surface area contributed by atoms with Crippen LogP contribution in [0.5, 0.6) is 0 Å². The quantitative estimate of drug-likeness (QED) is 0.288. The minimum atomic E-state index is -1.35. The monoisotopic (exact) mass is 179 g/mol. The standard InChI is InChI=1S/C6H13NO5/c7-3-5(10)4(9)2(1-8)12-6(3)11/h2-6,8-11H,1,7H2/t2?,3-,4?,5+,6?/m0/s1. The molecule has 1 heterocycles. The van der Waals surface area contributed by atoms with Crippen LogP contribution in [-0.4, -0.2) is 57.7 Å². The molecular weight excluding hydrogens is 166 g/mol. The molecule has 72 valence electrons. The molecule has 1 aliphatic rings. The first-order valence-corrected chi connectivity index (χ1v) is 3.64. The third-order valence-electron chi connectivity index (χ3n) is 1.95. The highest BCUT2D eigenvalue weighted by molar-refractivity contribution is 4.90. The predicted molar refractivity (Wildman–Crippen MR) is 38.0 cm³/mol. The van der Waals surface area contributed by atoms with Crippen LogP contribution in [0.3, 0.4) is 0 Å². The predicted octanol–water partition coefficient (Wildman–Crippen LogP) is -3.25. The van der Waals surface area contributed by atoms with Crippen molar-refractivity contribution in [3.05, 3.63) is 0 Å². The second kappa shape index (κ2) is 3.65. The Morgan fingerprint density at radius 2 is 1.75 bits per heavy atom. The van der Waals surface area contributed by atoms with Gasteiger partial charge in [0.2, 0.25) is 0 Å². The smallest absolute Gasteiger partial charge is 0.173 e. The van der Waals surface area contributed by atoms with Crippen molar-refractivity contribution in [2.24, 2.45) is 5.73 Å². The first kappa shape index (κ1) is 9.85. The number of hydrogen-bond donors (Lipinski definition) is 5. The number of aliphatic hydroxyl groups is 4. The van der Waals surface area contributed by atoms with E-state index in [-0.39, 0.29) is 0 Å². The van der Waals surface area contributed by atoms with Crippen LogP contribution in [0.2, 0.25) is 0 Å². The van der Waals surface area contributed by atoms with Gasteiger partial charge >= 0.3 is 0 Å². The van der Waals surface area contributed by atoms with Gasteiger partial charge in [-0.05, 0) is 0 Å². The van der Waals surface area contributed by atoms with E-state index >= 15 is 0 Å². The first-order chi connectivity index (χ1) is 5.57. The number of hydrogen-bond acceptors (Lipinski definition) is 6. The van der Waals surface area contributed by atoms with Crippen molar-refractivity contribution < 1.29 is 25.2 Å². The zero-order chi connectivity index (χ0) is 9.30. The van der Waals surface area contributed by atoms with Crippen LogP contribution in [0, 0.1) is 0 Å². The van der Waals surface area contributed by atoms with E-state index < -0.39 is 37.3 Å². The molecule has 0 aromatic heterocycles. The molecule has 12 heavy (non-hydrogen) atoms. The molecule has 0 spiro atoms. The molecule has 1 fully saturated rings. The van der Waals surface area contributed by atoms with Gasteiger partial charge in [0.15, 0.2) is 6.29 Å². The topological polar surface area (TPSA) is 116 Å². The van der Waals surface area contributed by atoms with E-state index in [0.717, 1.165) is 0 Å². The lowest BCUT2D eigenvalue weighted by Gasteiger charge is -2.38. The first-order valence-electron chi connectivity index (χ1n) is 3.64. The molecule has 0 aromatic carbocycles. The molecule has 0 radical (unpaired) electrons. The molecule has 6 N–H and O–H groups in total. The molecule has 0 bridgehead atoms. The van der Waals surface area contributed by atoms with Crippen molar-refractivity contribution in [3.8, 4) is 0 Å². The van der Waals surface area contributed by atoms with Crippen LogP contribution in [0.1, 0.15) is 0 Å². The zero-order valence-electron chi connectivity index (χ0n) is 6.37. The lowest BCUT2D eigenvalue weighted by molar-refractivity contribution is -0.248. The maximum absolute atomic E-state index is 9.20. The number of nitrogens with two attached hydrogens (primary N) is 1. The van der Waals surface area contributed by atoms with Gasteiger partial charge in [-0.2, -0.15) is 0 Å². The maximum Gasteiger partial charge on any atom is 0.173 e. The minimum absolute atomic E-state index is 0.470. The van der Waals surface area contributed by atoms with Crippen molar-refractivity contribution in [2.75, 3.05) is 6.61 Å². The normalized spacial score (nSPS) is 49.2. The van der Waals surface area contributed by atoms with Crippen LogP contribution in [0.4, 0.5) is 0 Å². The fourth-order valence-electron chi connectivity index (χ4n) is 1.12. The highest BCUT2D eigenvalue weighted by Crippen LogP contribution is 2.17. The molecule has 6 heteroatoms. The van der Waals surface area contributed by atoms with Crippen molar-refractivity contribution in [1.29, 1.82) is 0 Å². The molecule has 1 saturated heterocycles. The van der Waals surface area contributed by atoms with Gasteiger partial charge in [0, 0.05) is 0 Å². The van der Waals surface area contributed by atoms with Gasteiger partial charge in [-0.15, -0.1) is 0 Å². The SMILES string of the molecule is N[C@@H]1C(O)OC(CO)C(O)[C@@H]1O. The highest BCUT2D eigenvalue weighted by Gasteiger charge is 2.41. The van der Waals surface area contributed by atoms with Gasteiger partial charge in [0.1, 0.15) is 18.3 Å². The lowest BCUT2D eigenvalue weighted by Crippen LogP contribution is -2.61. The summed E-state index contributed by atoms with van der Waals surface area (Å²) in [6, 6.07) is -1.04. The van der Waals surface area contributed by atoms with Gasteiger partial charge in [0.25, 0.3) is 0 Å². The van der Waals surface area contributed by atoms with Crippen LogP contribution in [0.15, 0.2) is 0 Å². The molecule has 0 amide bonds. The van der Waals surface area contributed by atoms with Gasteiger partial charge < -0.3 is 30.9 Å². The Labute approximate surface area is 69.2 Å². The molecule has 6 nitrogen and oxygen atoms in total. The number of aliphatic hydroxyl groups excluding tert-OH is 4. The maximum atomic E-state index is 9.20. The van der Waals surface area contributed by atoms with E-state index in [0.29, 0.717) is 0 Å². The molecule has 0 aromatic rings. The fraction of sp³-hybridized carbons (Fsp3) is 1.00. The van der Waals surface area contributed by atoms with Crippen molar-refractivity contribution in [3.63, 3.8) is 0 Å². The highest BCUT2D eigenvalue weighted by atomic mass is 16.6. The van der Waals surface area contributed by atoms with E-state index in [1.807, 2.05) is 0 Å². The summed E-state index contributed by atoms with van der Waals surface area (Å²) in [4.78, 5) is 0. The van der Waals surface area contributed by atoms with Gasteiger partial charge in [-0.3, -0.25) is 0 Å². The van der Waals surface area contributed by atoms with Crippen molar-refractivity contribution in [2.45, 2.75) is 30.6 Å². The average molecular weight is 179 g/mol. The third kappa shape index (κ3) is 1.58. The summed E-state index contributed by atoms with van der Waals surface area (Å²) < 4.78 is 4.70. The molecule has 3 unspecified atom stereocenters. The summed E-state index contributed by atoms with van der Waals surface area (Å²) in [5, 5.41) is 36.1. The molecule has 5 atom stereocenters. The molecule has 0 aliphatic carbocycles. The van der Waals surface area contributed by atoms with Gasteiger partial charge in [-0.25, -0.2) is 0 Å². The second-order valence-corrected chi connectivity index (χ2v) is 2.81. The van der Waals surface area contributed by atoms with Crippen molar-refractivity contribution >= 4 is 0 Å². The lowest BCUT2D eigenvalue weighted by atomic mass is 9.98. The second-order valence-electron chi connectivity index (χ2n) is 2.81. The fourth-order valence-corrected chi connectivity index (χ4v) is 1.12. The van der Waals surface area contributed by atoms with E-state index in [1.54, 1.807) is 0 Å². The minimum Gasteiger partial charge on any atom is -0.394 e. The summed E-state index contributed by atoms with van der Waals surface area (Å²) in [6.07, 6.45) is -4.85. The Balaban J connectivity index is 2.63.